The predicted molar refractivity (Wildman–Crippen MR) is 71.0 cm³/mol. The standard InChI is InChI=1S/C14H21NO3/c1-4-16-13-8-6-5-7-12(13)15-9-14-17-10(2)11(3)18-14/h5-8,10-11,14-15H,4,9H2,1-3H3. The second-order valence-electron chi connectivity index (χ2n) is 4.42. The molecule has 0 spiro atoms. The second kappa shape index (κ2) is 6.07. The Hall–Kier alpha value is -1.26. The maximum atomic E-state index is 5.67. The molecule has 1 aromatic carbocycles. The number of nitrogens with one attached hydrogen (secondary N) is 1. The highest BCUT2D eigenvalue weighted by molar-refractivity contribution is 5.56. The Balaban J connectivity index is 1.90. The zero-order valence-electron chi connectivity index (χ0n) is 11.2. The lowest BCUT2D eigenvalue weighted by Crippen LogP contribution is -2.21. The number of anilines is 1. The molecule has 0 amide bonds. The number of rotatable bonds is 5. The third kappa shape index (κ3) is 3.15. The van der Waals surface area contributed by atoms with Gasteiger partial charge in [-0.15, -0.1) is 0 Å². The van der Waals surface area contributed by atoms with Crippen LogP contribution < -0.4 is 10.1 Å². The summed E-state index contributed by atoms with van der Waals surface area (Å²) in [7, 11) is 0. The summed E-state index contributed by atoms with van der Waals surface area (Å²) in [5.74, 6) is 0.860. The third-order valence-electron chi connectivity index (χ3n) is 3.04. The molecule has 4 heteroatoms. The van der Waals surface area contributed by atoms with Crippen LogP contribution in [0.2, 0.25) is 0 Å². The highest BCUT2D eigenvalue weighted by Crippen LogP contribution is 2.25. The zero-order chi connectivity index (χ0) is 13.0. The van der Waals surface area contributed by atoms with Crippen molar-refractivity contribution in [3.8, 4) is 5.75 Å². The van der Waals surface area contributed by atoms with Crippen molar-refractivity contribution in [3.63, 3.8) is 0 Å². The molecule has 18 heavy (non-hydrogen) atoms. The Morgan fingerprint density at radius 2 is 1.83 bits per heavy atom. The molecule has 0 saturated carbocycles. The number of para-hydroxylation sites is 2. The maximum absolute atomic E-state index is 5.67. The molecule has 0 bridgehead atoms. The molecule has 2 rings (SSSR count). The Bertz CT molecular complexity index is 373. The molecule has 1 aliphatic rings. The molecule has 100 valence electrons. The van der Waals surface area contributed by atoms with Gasteiger partial charge in [0.2, 0.25) is 0 Å². The molecule has 0 aliphatic carbocycles. The van der Waals surface area contributed by atoms with Gasteiger partial charge in [0.1, 0.15) is 5.75 Å². The first kappa shape index (κ1) is 13.2. The van der Waals surface area contributed by atoms with Gasteiger partial charge in [0.25, 0.3) is 0 Å². The normalized spacial score (nSPS) is 27.2. The third-order valence-corrected chi connectivity index (χ3v) is 3.04. The van der Waals surface area contributed by atoms with E-state index in [4.69, 9.17) is 14.2 Å². The van der Waals surface area contributed by atoms with E-state index in [2.05, 4.69) is 5.32 Å². The summed E-state index contributed by atoms with van der Waals surface area (Å²) in [6.07, 6.45) is 0.113. The molecule has 2 atom stereocenters. The van der Waals surface area contributed by atoms with Gasteiger partial charge in [-0.25, -0.2) is 0 Å². The molecule has 2 unspecified atom stereocenters. The van der Waals surface area contributed by atoms with Crippen LogP contribution in [-0.2, 0) is 9.47 Å². The van der Waals surface area contributed by atoms with Crippen LogP contribution in [0.5, 0.6) is 5.75 Å². The van der Waals surface area contributed by atoms with Crippen LogP contribution in [-0.4, -0.2) is 31.6 Å². The molecule has 1 aromatic rings. The molecule has 0 aromatic heterocycles. The van der Waals surface area contributed by atoms with Crippen LogP contribution >= 0.6 is 0 Å². The van der Waals surface area contributed by atoms with Crippen molar-refractivity contribution >= 4 is 5.69 Å². The first-order chi connectivity index (χ1) is 8.70. The van der Waals surface area contributed by atoms with Crippen molar-refractivity contribution in [1.29, 1.82) is 0 Å². The second-order valence-corrected chi connectivity index (χ2v) is 4.42. The minimum absolute atomic E-state index is 0.152. The lowest BCUT2D eigenvalue weighted by Gasteiger charge is -2.15. The van der Waals surface area contributed by atoms with Gasteiger partial charge in [0.15, 0.2) is 6.29 Å². The van der Waals surface area contributed by atoms with Gasteiger partial charge in [-0.3, -0.25) is 0 Å². The smallest absolute Gasteiger partial charge is 0.175 e. The van der Waals surface area contributed by atoms with Gasteiger partial charge in [-0.05, 0) is 32.9 Å². The van der Waals surface area contributed by atoms with Gasteiger partial charge in [0.05, 0.1) is 31.0 Å². The van der Waals surface area contributed by atoms with E-state index in [0.29, 0.717) is 13.2 Å². The fourth-order valence-electron chi connectivity index (χ4n) is 1.92. The minimum Gasteiger partial charge on any atom is -0.492 e. The first-order valence-corrected chi connectivity index (χ1v) is 6.47. The molecular formula is C14H21NO3. The van der Waals surface area contributed by atoms with Crippen LogP contribution in [0.25, 0.3) is 0 Å². The van der Waals surface area contributed by atoms with E-state index in [9.17, 15) is 0 Å². The van der Waals surface area contributed by atoms with Crippen molar-refractivity contribution < 1.29 is 14.2 Å². The number of ether oxygens (including phenoxy) is 3. The largest absolute Gasteiger partial charge is 0.492 e. The van der Waals surface area contributed by atoms with Crippen molar-refractivity contribution in [2.75, 3.05) is 18.5 Å². The summed E-state index contributed by atoms with van der Waals surface area (Å²) in [5, 5.41) is 3.31. The van der Waals surface area contributed by atoms with E-state index >= 15 is 0 Å². The lowest BCUT2D eigenvalue weighted by molar-refractivity contribution is -0.0511. The van der Waals surface area contributed by atoms with E-state index in [-0.39, 0.29) is 18.5 Å². The van der Waals surface area contributed by atoms with Gasteiger partial charge in [-0.2, -0.15) is 0 Å². The van der Waals surface area contributed by atoms with Crippen molar-refractivity contribution in [3.05, 3.63) is 24.3 Å². The van der Waals surface area contributed by atoms with Crippen LogP contribution in [0.1, 0.15) is 20.8 Å². The SMILES string of the molecule is CCOc1ccccc1NCC1OC(C)C(C)O1. The molecule has 1 saturated heterocycles. The molecular weight excluding hydrogens is 230 g/mol. The minimum atomic E-state index is -0.190. The molecule has 4 nitrogen and oxygen atoms in total. The molecule has 1 fully saturated rings. The number of benzene rings is 1. The lowest BCUT2D eigenvalue weighted by atomic mass is 10.3. The van der Waals surface area contributed by atoms with Gasteiger partial charge in [0, 0.05) is 0 Å². The van der Waals surface area contributed by atoms with E-state index in [0.717, 1.165) is 11.4 Å². The summed E-state index contributed by atoms with van der Waals surface area (Å²) in [5.41, 5.74) is 0.971. The van der Waals surface area contributed by atoms with E-state index < -0.39 is 0 Å². The predicted octanol–water partition coefficient (Wildman–Crippen LogP) is 2.65. The Kier molecular flexibility index (Phi) is 4.44. The Labute approximate surface area is 108 Å². The van der Waals surface area contributed by atoms with E-state index in [1.807, 2.05) is 45.0 Å². The Morgan fingerprint density at radius 3 is 2.50 bits per heavy atom. The first-order valence-electron chi connectivity index (χ1n) is 6.47. The highest BCUT2D eigenvalue weighted by Gasteiger charge is 2.29. The average Bonchev–Trinajstić information content (AvgIpc) is 2.68. The van der Waals surface area contributed by atoms with Gasteiger partial charge < -0.3 is 19.5 Å². The van der Waals surface area contributed by atoms with Crippen LogP contribution in [0.3, 0.4) is 0 Å². The number of hydrogen-bond donors (Lipinski definition) is 1. The fraction of sp³-hybridized carbons (Fsp3) is 0.571. The summed E-state index contributed by atoms with van der Waals surface area (Å²) in [6.45, 7) is 7.31. The molecule has 1 N–H and O–H groups in total. The summed E-state index contributed by atoms with van der Waals surface area (Å²) >= 11 is 0. The van der Waals surface area contributed by atoms with Gasteiger partial charge >= 0.3 is 0 Å². The summed E-state index contributed by atoms with van der Waals surface area (Å²) in [4.78, 5) is 0. The molecule has 1 heterocycles. The monoisotopic (exact) mass is 251 g/mol. The highest BCUT2D eigenvalue weighted by atomic mass is 16.7. The van der Waals surface area contributed by atoms with Crippen LogP contribution in [0, 0.1) is 0 Å². The maximum Gasteiger partial charge on any atom is 0.175 e. The van der Waals surface area contributed by atoms with Crippen molar-refractivity contribution in [2.45, 2.75) is 39.3 Å². The quantitative estimate of drug-likeness (QED) is 0.873. The van der Waals surface area contributed by atoms with Crippen molar-refractivity contribution in [1.82, 2.24) is 0 Å². The van der Waals surface area contributed by atoms with Crippen LogP contribution in [0.15, 0.2) is 24.3 Å². The molecule has 0 radical (unpaired) electrons. The fourth-order valence-corrected chi connectivity index (χ4v) is 1.92. The Morgan fingerprint density at radius 1 is 1.17 bits per heavy atom. The topological polar surface area (TPSA) is 39.7 Å². The van der Waals surface area contributed by atoms with Crippen LogP contribution in [0.4, 0.5) is 5.69 Å². The number of hydrogen-bond acceptors (Lipinski definition) is 4. The van der Waals surface area contributed by atoms with E-state index in [1.165, 1.54) is 0 Å². The van der Waals surface area contributed by atoms with Crippen molar-refractivity contribution in [2.24, 2.45) is 0 Å². The van der Waals surface area contributed by atoms with E-state index in [1.54, 1.807) is 0 Å². The summed E-state index contributed by atoms with van der Waals surface area (Å²) < 4.78 is 16.9. The summed E-state index contributed by atoms with van der Waals surface area (Å²) in [6, 6.07) is 7.88. The average molecular weight is 251 g/mol. The molecule has 1 aliphatic heterocycles. The van der Waals surface area contributed by atoms with Gasteiger partial charge in [-0.1, -0.05) is 12.1 Å². The zero-order valence-corrected chi connectivity index (χ0v) is 11.2.